The van der Waals surface area contributed by atoms with Gasteiger partial charge in [-0.15, -0.1) is 0 Å². The van der Waals surface area contributed by atoms with Crippen LogP contribution >= 0.6 is 15.9 Å². The predicted molar refractivity (Wildman–Crippen MR) is 119 cm³/mol. The van der Waals surface area contributed by atoms with Gasteiger partial charge in [-0.1, -0.05) is 28.1 Å². The molecule has 9 nitrogen and oxygen atoms in total. The Morgan fingerprint density at radius 3 is 2.59 bits per heavy atom. The number of carbonyl (C=O) groups excluding carboxylic acids is 2. The fourth-order valence-electron chi connectivity index (χ4n) is 3.21. The van der Waals surface area contributed by atoms with E-state index >= 15 is 0 Å². The minimum atomic E-state index is -0.531. The summed E-state index contributed by atoms with van der Waals surface area (Å²) in [6.07, 6.45) is 1.41. The highest BCUT2D eigenvalue weighted by molar-refractivity contribution is 9.10. The standard InChI is InChI=1S/C22H16BrN3O6/c1-31-19-8-6-15(26(29)30)10-17(19)20-9-7-16(32-20)11-18-21(27)25(22(28)24-18)12-13-2-4-14(23)5-3-13/h2-11H,12H2,1H3,(H,24,28)/b18-11+. The first-order valence-corrected chi connectivity index (χ1v) is 10.2. The number of rotatable bonds is 6. The molecule has 4 rings (SSSR count). The molecule has 0 unspecified atom stereocenters. The van der Waals surface area contributed by atoms with E-state index in [-0.39, 0.29) is 17.9 Å². The van der Waals surface area contributed by atoms with E-state index in [1.54, 1.807) is 12.1 Å². The van der Waals surface area contributed by atoms with Gasteiger partial charge in [-0.05, 0) is 35.9 Å². The van der Waals surface area contributed by atoms with Crippen molar-refractivity contribution in [2.75, 3.05) is 7.11 Å². The zero-order valence-corrected chi connectivity index (χ0v) is 18.3. The normalized spacial score (nSPS) is 14.7. The molecule has 1 aliphatic rings. The average molecular weight is 498 g/mol. The third kappa shape index (κ3) is 4.26. The van der Waals surface area contributed by atoms with Crippen LogP contribution in [-0.4, -0.2) is 28.9 Å². The monoisotopic (exact) mass is 497 g/mol. The molecule has 10 heteroatoms. The van der Waals surface area contributed by atoms with E-state index in [0.717, 1.165) is 14.9 Å². The van der Waals surface area contributed by atoms with Gasteiger partial charge in [0.05, 0.1) is 24.1 Å². The molecule has 0 bridgehead atoms. The Bertz CT molecular complexity index is 1250. The third-order valence-corrected chi connectivity index (χ3v) is 5.32. The van der Waals surface area contributed by atoms with Crippen LogP contribution in [0.25, 0.3) is 17.4 Å². The molecule has 3 amide bonds. The van der Waals surface area contributed by atoms with E-state index in [9.17, 15) is 19.7 Å². The second-order valence-corrected chi connectivity index (χ2v) is 7.77. The summed E-state index contributed by atoms with van der Waals surface area (Å²) in [6.45, 7) is 0.129. The number of urea groups is 1. The smallest absolute Gasteiger partial charge is 0.329 e. The number of nitrogens with zero attached hydrogens (tertiary/aromatic N) is 2. The number of carbonyl (C=O) groups is 2. The van der Waals surface area contributed by atoms with Crippen molar-refractivity contribution >= 4 is 39.6 Å². The summed E-state index contributed by atoms with van der Waals surface area (Å²) in [4.78, 5) is 36.7. The Kier molecular flexibility index (Phi) is 5.78. The van der Waals surface area contributed by atoms with Crippen LogP contribution in [0.2, 0.25) is 0 Å². The molecule has 2 aromatic carbocycles. The minimum absolute atomic E-state index is 0.0685. The van der Waals surface area contributed by atoms with Crippen molar-refractivity contribution in [3.05, 3.63) is 86.2 Å². The Hall–Kier alpha value is -3.92. The molecule has 1 N–H and O–H groups in total. The number of amides is 3. The van der Waals surface area contributed by atoms with Crippen molar-refractivity contribution in [1.29, 1.82) is 0 Å². The number of ether oxygens (including phenoxy) is 1. The molecule has 0 spiro atoms. The number of halogens is 1. The van der Waals surface area contributed by atoms with Gasteiger partial charge in [0.2, 0.25) is 0 Å². The van der Waals surface area contributed by atoms with Crippen molar-refractivity contribution in [3.8, 4) is 17.1 Å². The van der Waals surface area contributed by atoms with Crippen LogP contribution in [0.4, 0.5) is 10.5 Å². The molecule has 162 valence electrons. The first-order valence-electron chi connectivity index (χ1n) is 9.37. The number of methoxy groups -OCH3 is 1. The molecule has 2 heterocycles. The summed E-state index contributed by atoms with van der Waals surface area (Å²) in [5.74, 6) is 0.530. The highest BCUT2D eigenvalue weighted by Crippen LogP contribution is 2.35. The highest BCUT2D eigenvalue weighted by atomic mass is 79.9. The van der Waals surface area contributed by atoms with Gasteiger partial charge in [-0.3, -0.25) is 19.8 Å². The fourth-order valence-corrected chi connectivity index (χ4v) is 3.47. The Labute approximate surface area is 190 Å². The number of imide groups is 1. The van der Waals surface area contributed by atoms with E-state index in [0.29, 0.717) is 22.8 Å². The van der Waals surface area contributed by atoms with Crippen LogP contribution in [0.3, 0.4) is 0 Å². The number of nitrogens with one attached hydrogen (secondary N) is 1. The SMILES string of the molecule is COc1ccc([N+](=O)[O-])cc1-c1ccc(/C=C2/NC(=O)N(Cc3ccc(Br)cc3)C2=O)o1. The molecule has 1 aromatic heterocycles. The van der Waals surface area contributed by atoms with Crippen molar-refractivity contribution in [3.63, 3.8) is 0 Å². The van der Waals surface area contributed by atoms with Crippen molar-refractivity contribution in [1.82, 2.24) is 10.2 Å². The largest absolute Gasteiger partial charge is 0.496 e. The number of nitro benzene ring substituents is 1. The molecule has 3 aromatic rings. The topological polar surface area (TPSA) is 115 Å². The summed E-state index contributed by atoms with van der Waals surface area (Å²) in [6, 6.07) is 14.1. The Morgan fingerprint density at radius 2 is 1.91 bits per heavy atom. The molecule has 0 atom stereocenters. The van der Waals surface area contributed by atoms with Crippen LogP contribution in [0.15, 0.2) is 69.2 Å². The van der Waals surface area contributed by atoms with Crippen molar-refractivity contribution < 1.29 is 23.7 Å². The molecule has 0 radical (unpaired) electrons. The van der Waals surface area contributed by atoms with Crippen LogP contribution in [0, 0.1) is 10.1 Å². The van der Waals surface area contributed by atoms with E-state index in [1.165, 1.54) is 31.4 Å². The van der Waals surface area contributed by atoms with E-state index in [1.807, 2.05) is 24.3 Å². The van der Waals surface area contributed by atoms with E-state index in [4.69, 9.17) is 9.15 Å². The third-order valence-electron chi connectivity index (χ3n) is 4.79. The van der Waals surface area contributed by atoms with Crippen LogP contribution < -0.4 is 10.1 Å². The number of furan rings is 1. The predicted octanol–water partition coefficient (Wildman–Crippen LogP) is 4.72. The molecular weight excluding hydrogens is 482 g/mol. The summed E-state index contributed by atoms with van der Waals surface area (Å²) >= 11 is 3.35. The Morgan fingerprint density at radius 1 is 1.16 bits per heavy atom. The number of non-ortho nitro benzene ring substituents is 1. The highest BCUT2D eigenvalue weighted by Gasteiger charge is 2.33. The molecular formula is C22H16BrN3O6. The maximum Gasteiger partial charge on any atom is 0.329 e. The zero-order chi connectivity index (χ0) is 22.8. The Balaban J connectivity index is 1.58. The van der Waals surface area contributed by atoms with Crippen LogP contribution in [0.5, 0.6) is 5.75 Å². The second kappa shape index (κ2) is 8.67. The summed E-state index contributed by atoms with van der Waals surface area (Å²) in [5, 5.41) is 13.6. The summed E-state index contributed by atoms with van der Waals surface area (Å²) < 4.78 is 11.9. The lowest BCUT2D eigenvalue weighted by atomic mass is 10.1. The molecule has 0 saturated carbocycles. The van der Waals surface area contributed by atoms with Gasteiger partial charge in [-0.25, -0.2) is 4.79 Å². The van der Waals surface area contributed by atoms with Gasteiger partial charge < -0.3 is 14.5 Å². The number of benzene rings is 2. The van der Waals surface area contributed by atoms with Crippen LogP contribution in [-0.2, 0) is 11.3 Å². The molecule has 1 aliphatic heterocycles. The van der Waals surface area contributed by atoms with Gasteiger partial charge in [-0.2, -0.15) is 0 Å². The molecule has 32 heavy (non-hydrogen) atoms. The van der Waals surface area contributed by atoms with Crippen molar-refractivity contribution in [2.45, 2.75) is 6.54 Å². The minimum Gasteiger partial charge on any atom is -0.496 e. The maximum atomic E-state index is 12.7. The number of nitro groups is 1. The average Bonchev–Trinajstić information content (AvgIpc) is 3.35. The van der Waals surface area contributed by atoms with Gasteiger partial charge in [0.1, 0.15) is 23.0 Å². The van der Waals surface area contributed by atoms with Crippen LogP contribution in [0.1, 0.15) is 11.3 Å². The summed E-state index contributed by atoms with van der Waals surface area (Å²) in [5.41, 5.74) is 1.15. The fraction of sp³-hybridized carbons (Fsp3) is 0.0909. The molecule has 0 aliphatic carbocycles. The lowest BCUT2D eigenvalue weighted by Crippen LogP contribution is -2.30. The van der Waals surface area contributed by atoms with Gasteiger partial charge in [0.15, 0.2) is 0 Å². The lowest BCUT2D eigenvalue weighted by molar-refractivity contribution is -0.384. The van der Waals surface area contributed by atoms with Crippen molar-refractivity contribution in [2.24, 2.45) is 0 Å². The summed E-state index contributed by atoms with van der Waals surface area (Å²) in [7, 11) is 1.45. The number of hydrogen-bond donors (Lipinski definition) is 1. The lowest BCUT2D eigenvalue weighted by Gasteiger charge is -2.11. The zero-order valence-electron chi connectivity index (χ0n) is 16.7. The first kappa shape index (κ1) is 21.3. The number of hydrogen-bond acceptors (Lipinski definition) is 6. The maximum absolute atomic E-state index is 12.7. The van der Waals surface area contributed by atoms with E-state index in [2.05, 4.69) is 21.2 Å². The quantitative estimate of drug-likeness (QED) is 0.228. The molecule has 1 fully saturated rings. The first-order chi connectivity index (χ1) is 15.4. The van der Waals surface area contributed by atoms with Gasteiger partial charge in [0.25, 0.3) is 11.6 Å². The second-order valence-electron chi connectivity index (χ2n) is 6.85. The van der Waals surface area contributed by atoms with Gasteiger partial charge in [0, 0.05) is 22.7 Å². The van der Waals surface area contributed by atoms with Gasteiger partial charge >= 0.3 is 6.03 Å². The molecule has 1 saturated heterocycles. The van der Waals surface area contributed by atoms with E-state index < -0.39 is 16.9 Å².